The van der Waals surface area contributed by atoms with Crippen LogP contribution in [0.2, 0.25) is 0 Å². The fourth-order valence-electron chi connectivity index (χ4n) is 3.68. The van der Waals surface area contributed by atoms with Crippen LogP contribution in [0.4, 0.5) is 5.69 Å². The molecule has 170 valence electrons. The second kappa shape index (κ2) is 9.32. The van der Waals surface area contributed by atoms with Gasteiger partial charge in [0.05, 0.1) is 47.8 Å². The standard InChI is InChI=1S/C25H21N5O3S/c1-16-12-20(21-14-27-30(23(21)28-16)15-18-7-5-11-34-18)25(32)29-22-9-3-2-8-19(22)24(31)26-13-17-6-4-10-33-17/h2-12,14H,13,15H2,1H3,(H,26,31)(H,29,32). The Morgan fingerprint density at radius 2 is 1.94 bits per heavy atom. The van der Waals surface area contributed by atoms with Gasteiger partial charge in [0.25, 0.3) is 11.8 Å². The first-order valence-corrected chi connectivity index (χ1v) is 11.5. The number of para-hydroxylation sites is 1. The third-order valence-electron chi connectivity index (χ3n) is 5.29. The lowest BCUT2D eigenvalue weighted by atomic mass is 10.1. The highest BCUT2D eigenvalue weighted by Crippen LogP contribution is 2.23. The minimum Gasteiger partial charge on any atom is -0.467 e. The van der Waals surface area contributed by atoms with Gasteiger partial charge in [-0.2, -0.15) is 5.10 Å². The number of aromatic nitrogens is 3. The lowest BCUT2D eigenvalue weighted by molar-refractivity contribution is 0.0949. The number of carbonyl (C=O) groups is 2. The number of amides is 2. The van der Waals surface area contributed by atoms with Gasteiger partial charge in [0.1, 0.15) is 5.76 Å². The number of nitrogens with zero attached hydrogens (tertiary/aromatic N) is 3. The fraction of sp³-hybridized carbons (Fsp3) is 0.120. The summed E-state index contributed by atoms with van der Waals surface area (Å²) in [5.41, 5.74) is 2.57. The SMILES string of the molecule is Cc1cc(C(=O)Nc2ccccc2C(=O)NCc2ccco2)c2cnn(Cc3cccs3)c2n1. The molecule has 0 bridgehead atoms. The van der Waals surface area contributed by atoms with Crippen molar-refractivity contribution < 1.29 is 14.0 Å². The van der Waals surface area contributed by atoms with Gasteiger partial charge in [-0.1, -0.05) is 18.2 Å². The number of fused-ring (bicyclic) bond motifs is 1. The quantitative estimate of drug-likeness (QED) is 0.360. The van der Waals surface area contributed by atoms with Gasteiger partial charge < -0.3 is 15.1 Å². The Morgan fingerprint density at radius 1 is 1.06 bits per heavy atom. The molecule has 5 rings (SSSR count). The molecule has 5 aromatic rings. The van der Waals surface area contributed by atoms with Crippen molar-refractivity contribution >= 4 is 39.9 Å². The minimum atomic E-state index is -0.336. The number of rotatable bonds is 7. The third-order valence-corrected chi connectivity index (χ3v) is 6.15. The van der Waals surface area contributed by atoms with Crippen LogP contribution in [0, 0.1) is 6.92 Å². The Kier molecular flexibility index (Phi) is 5.92. The summed E-state index contributed by atoms with van der Waals surface area (Å²) in [7, 11) is 0. The zero-order chi connectivity index (χ0) is 23.5. The highest BCUT2D eigenvalue weighted by Gasteiger charge is 2.19. The Hall–Kier alpha value is -4.24. The summed E-state index contributed by atoms with van der Waals surface area (Å²) in [6, 6.07) is 16.2. The van der Waals surface area contributed by atoms with Gasteiger partial charge in [-0.25, -0.2) is 9.67 Å². The Labute approximate surface area is 199 Å². The molecule has 2 N–H and O–H groups in total. The van der Waals surface area contributed by atoms with Crippen molar-refractivity contribution in [2.24, 2.45) is 0 Å². The van der Waals surface area contributed by atoms with Gasteiger partial charge in [-0.3, -0.25) is 9.59 Å². The molecular weight excluding hydrogens is 450 g/mol. The van der Waals surface area contributed by atoms with Crippen LogP contribution in [-0.2, 0) is 13.1 Å². The predicted molar refractivity (Wildman–Crippen MR) is 130 cm³/mol. The van der Waals surface area contributed by atoms with Gasteiger partial charge in [0.15, 0.2) is 5.65 Å². The van der Waals surface area contributed by atoms with E-state index in [1.54, 1.807) is 70.9 Å². The summed E-state index contributed by atoms with van der Waals surface area (Å²) in [5, 5.41) is 12.8. The Morgan fingerprint density at radius 3 is 2.74 bits per heavy atom. The molecular formula is C25H21N5O3S. The maximum absolute atomic E-state index is 13.3. The molecule has 0 atom stereocenters. The van der Waals surface area contributed by atoms with Crippen LogP contribution in [-0.4, -0.2) is 26.6 Å². The zero-order valence-electron chi connectivity index (χ0n) is 18.3. The van der Waals surface area contributed by atoms with E-state index in [0.29, 0.717) is 45.8 Å². The monoisotopic (exact) mass is 471 g/mol. The molecule has 34 heavy (non-hydrogen) atoms. The van der Waals surface area contributed by atoms with E-state index in [0.717, 1.165) is 4.88 Å². The van der Waals surface area contributed by atoms with Gasteiger partial charge in [-0.15, -0.1) is 11.3 Å². The maximum atomic E-state index is 13.3. The van der Waals surface area contributed by atoms with Crippen LogP contribution in [0.3, 0.4) is 0 Å². The molecule has 0 aliphatic heterocycles. The van der Waals surface area contributed by atoms with Gasteiger partial charge in [-0.05, 0) is 48.7 Å². The van der Waals surface area contributed by atoms with Crippen molar-refractivity contribution in [2.45, 2.75) is 20.0 Å². The number of hydrogen-bond donors (Lipinski definition) is 2. The zero-order valence-corrected chi connectivity index (χ0v) is 19.1. The average molecular weight is 472 g/mol. The highest BCUT2D eigenvalue weighted by atomic mass is 32.1. The van der Waals surface area contributed by atoms with Crippen molar-refractivity contribution in [3.8, 4) is 0 Å². The number of furan rings is 1. The summed E-state index contributed by atoms with van der Waals surface area (Å²) >= 11 is 1.64. The van der Waals surface area contributed by atoms with E-state index in [9.17, 15) is 9.59 Å². The largest absolute Gasteiger partial charge is 0.467 e. The first-order chi connectivity index (χ1) is 16.6. The van der Waals surface area contributed by atoms with E-state index < -0.39 is 0 Å². The molecule has 4 aromatic heterocycles. The summed E-state index contributed by atoms with van der Waals surface area (Å²) in [6.45, 7) is 2.67. The molecule has 0 saturated heterocycles. The molecule has 0 aliphatic rings. The van der Waals surface area contributed by atoms with Crippen LogP contribution < -0.4 is 10.6 Å². The lowest BCUT2D eigenvalue weighted by Crippen LogP contribution is -2.24. The molecule has 0 aliphatic carbocycles. The number of benzene rings is 1. The average Bonchev–Trinajstić information content (AvgIpc) is 3.61. The van der Waals surface area contributed by atoms with E-state index in [4.69, 9.17) is 4.42 Å². The van der Waals surface area contributed by atoms with Crippen LogP contribution in [0.15, 0.2) is 76.9 Å². The van der Waals surface area contributed by atoms with Crippen LogP contribution >= 0.6 is 11.3 Å². The first kappa shape index (κ1) is 21.6. The number of nitrogens with one attached hydrogen (secondary N) is 2. The fourth-order valence-corrected chi connectivity index (χ4v) is 4.37. The van der Waals surface area contributed by atoms with Crippen LogP contribution in [0.5, 0.6) is 0 Å². The molecule has 0 unspecified atom stereocenters. The second-order valence-corrected chi connectivity index (χ2v) is 8.72. The molecule has 8 nitrogen and oxygen atoms in total. The minimum absolute atomic E-state index is 0.252. The molecule has 4 heterocycles. The third kappa shape index (κ3) is 4.46. The van der Waals surface area contributed by atoms with Crippen LogP contribution in [0.25, 0.3) is 11.0 Å². The van der Waals surface area contributed by atoms with Crippen LogP contribution in [0.1, 0.15) is 37.0 Å². The van der Waals surface area contributed by atoms with Crippen molar-refractivity contribution in [3.63, 3.8) is 0 Å². The second-order valence-electron chi connectivity index (χ2n) is 7.69. The summed E-state index contributed by atoms with van der Waals surface area (Å²) in [5.74, 6) is -0.00587. The van der Waals surface area contributed by atoms with Crippen molar-refractivity contribution in [2.75, 3.05) is 5.32 Å². The van der Waals surface area contributed by atoms with E-state index >= 15 is 0 Å². The Bertz CT molecular complexity index is 1460. The number of thiophene rings is 1. The van der Waals surface area contributed by atoms with E-state index in [1.807, 2.05) is 24.4 Å². The molecule has 0 spiro atoms. The number of hydrogen-bond acceptors (Lipinski definition) is 6. The number of carbonyl (C=O) groups excluding carboxylic acids is 2. The van der Waals surface area contributed by atoms with E-state index in [2.05, 4.69) is 20.7 Å². The lowest BCUT2D eigenvalue weighted by Gasteiger charge is -2.12. The molecule has 0 fully saturated rings. The topological polar surface area (TPSA) is 102 Å². The van der Waals surface area contributed by atoms with Crippen molar-refractivity contribution in [1.82, 2.24) is 20.1 Å². The summed E-state index contributed by atoms with van der Waals surface area (Å²) < 4.78 is 7.05. The first-order valence-electron chi connectivity index (χ1n) is 10.6. The highest BCUT2D eigenvalue weighted by molar-refractivity contribution is 7.09. The predicted octanol–water partition coefficient (Wildman–Crippen LogP) is 4.62. The summed E-state index contributed by atoms with van der Waals surface area (Å²) in [6.07, 6.45) is 3.21. The van der Waals surface area contributed by atoms with Crippen molar-refractivity contribution in [3.05, 3.63) is 99.9 Å². The summed E-state index contributed by atoms with van der Waals surface area (Å²) in [4.78, 5) is 31.8. The van der Waals surface area contributed by atoms with Gasteiger partial charge >= 0.3 is 0 Å². The maximum Gasteiger partial charge on any atom is 0.256 e. The smallest absolute Gasteiger partial charge is 0.256 e. The van der Waals surface area contributed by atoms with Gasteiger partial charge in [0.2, 0.25) is 0 Å². The van der Waals surface area contributed by atoms with Gasteiger partial charge in [0, 0.05) is 10.6 Å². The molecule has 2 amide bonds. The van der Waals surface area contributed by atoms with Crippen molar-refractivity contribution in [1.29, 1.82) is 0 Å². The molecule has 9 heteroatoms. The molecule has 0 radical (unpaired) electrons. The molecule has 0 saturated carbocycles. The van der Waals surface area contributed by atoms with E-state index in [1.165, 1.54) is 0 Å². The van der Waals surface area contributed by atoms with E-state index in [-0.39, 0.29) is 18.4 Å². The Balaban J connectivity index is 1.40. The molecule has 1 aromatic carbocycles. The number of pyridine rings is 1. The number of aryl methyl sites for hydroxylation is 1. The normalized spacial score (nSPS) is 11.0. The number of anilines is 1.